The van der Waals surface area contributed by atoms with Gasteiger partial charge in [0.05, 0.1) is 25.1 Å². The smallest absolute Gasteiger partial charge is 0.251 e. The lowest BCUT2D eigenvalue weighted by Crippen LogP contribution is -2.24. The maximum Gasteiger partial charge on any atom is 0.251 e. The van der Waals surface area contributed by atoms with Crippen LogP contribution >= 0.6 is 23.4 Å². The number of aryl methyl sites for hydroxylation is 1. The van der Waals surface area contributed by atoms with E-state index in [0.717, 1.165) is 5.56 Å². The Bertz CT molecular complexity index is 1090. The van der Waals surface area contributed by atoms with Crippen molar-refractivity contribution in [1.29, 1.82) is 0 Å². The molecule has 10 heteroatoms. The molecule has 1 heterocycles. The van der Waals surface area contributed by atoms with Gasteiger partial charge in [0.15, 0.2) is 11.0 Å². The number of anilines is 1. The fourth-order valence-electron chi connectivity index (χ4n) is 2.72. The SMILES string of the molecule is COc1ccc(C)cc1NC(=O)CSc1nnc(CNC(=O)c2ccc(Cl)cc2)n1C. The Balaban J connectivity index is 1.54. The topological polar surface area (TPSA) is 98.1 Å². The average Bonchev–Trinajstić information content (AvgIpc) is 3.10. The third-order valence-electron chi connectivity index (χ3n) is 4.40. The van der Waals surface area contributed by atoms with E-state index in [0.29, 0.717) is 33.0 Å². The van der Waals surface area contributed by atoms with Gasteiger partial charge < -0.3 is 19.9 Å². The van der Waals surface area contributed by atoms with Gasteiger partial charge in [-0.3, -0.25) is 9.59 Å². The maximum atomic E-state index is 12.4. The summed E-state index contributed by atoms with van der Waals surface area (Å²) < 4.78 is 7.02. The summed E-state index contributed by atoms with van der Waals surface area (Å²) in [6.07, 6.45) is 0. The van der Waals surface area contributed by atoms with E-state index in [2.05, 4.69) is 20.8 Å². The number of hydrogen-bond donors (Lipinski definition) is 2. The predicted octanol–water partition coefficient (Wildman–Crippen LogP) is 3.45. The minimum atomic E-state index is -0.236. The molecule has 0 unspecified atom stereocenters. The van der Waals surface area contributed by atoms with E-state index in [1.54, 1.807) is 43.0 Å². The van der Waals surface area contributed by atoms with Crippen molar-refractivity contribution >= 4 is 40.9 Å². The van der Waals surface area contributed by atoms with Gasteiger partial charge in [0.25, 0.3) is 5.91 Å². The molecule has 0 atom stereocenters. The highest BCUT2D eigenvalue weighted by atomic mass is 35.5. The molecule has 31 heavy (non-hydrogen) atoms. The van der Waals surface area contributed by atoms with Gasteiger partial charge in [0.1, 0.15) is 5.75 Å². The number of carbonyl (C=O) groups is 2. The highest BCUT2D eigenvalue weighted by Crippen LogP contribution is 2.25. The van der Waals surface area contributed by atoms with Crippen LogP contribution in [0.5, 0.6) is 5.75 Å². The number of ether oxygens (including phenoxy) is 1. The summed E-state index contributed by atoms with van der Waals surface area (Å²) in [7, 11) is 3.34. The number of aromatic nitrogens is 3. The molecule has 0 radical (unpaired) electrons. The van der Waals surface area contributed by atoms with Gasteiger partial charge in [-0.05, 0) is 48.9 Å². The van der Waals surface area contributed by atoms with Crippen molar-refractivity contribution in [2.45, 2.75) is 18.6 Å². The molecule has 162 valence electrons. The Morgan fingerprint density at radius 1 is 1.16 bits per heavy atom. The van der Waals surface area contributed by atoms with Gasteiger partial charge in [-0.2, -0.15) is 0 Å². The fourth-order valence-corrected chi connectivity index (χ4v) is 3.58. The summed E-state index contributed by atoms with van der Waals surface area (Å²) in [5.41, 5.74) is 2.14. The minimum absolute atomic E-state index is 0.153. The van der Waals surface area contributed by atoms with E-state index in [4.69, 9.17) is 16.3 Å². The van der Waals surface area contributed by atoms with Crippen molar-refractivity contribution in [2.24, 2.45) is 7.05 Å². The van der Waals surface area contributed by atoms with E-state index < -0.39 is 0 Å². The number of thioether (sulfide) groups is 1. The summed E-state index contributed by atoms with van der Waals surface area (Å²) in [4.78, 5) is 24.6. The quantitative estimate of drug-likeness (QED) is 0.501. The molecule has 8 nitrogen and oxygen atoms in total. The van der Waals surface area contributed by atoms with Gasteiger partial charge in [0, 0.05) is 17.6 Å². The van der Waals surface area contributed by atoms with Gasteiger partial charge in [0.2, 0.25) is 5.91 Å². The van der Waals surface area contributed by atoms with Gasteiger partial charge in [-0.15, -0.1) is 10.2 Å². The molecule has 0 aliphatic rings. The molecule has 1 aromatic heterocycles. The number of rotatable bonds is 8. The van der Waals surface area contributed by atoms with E-state index in [1.807, 2.05) is 25.1 Å². The molecule has 0 bridgehead atoms. The first-order valence-electron chi connectivity index (χ1n) is 9.36. The molecule has 0 aliphatic heterocycles. The number of halogens is 1. The number of benzene rings is 2. The Hall–Kier alpha value is -3.04. The second-order valence-corrected chi connectivity index (χ2v) is 8.07. The second kappa shape index (κ2) is 10.3. The first kappa shape index (κ1) is 22.6. The normalized spacial score (nSPS) is 10.6. The second-order valence-electron chi connectivity index (χ2n) is 6.69. The highest BCUT2D eigenvalue weighted by Gasteiger charge is 2.14. The molecule has 0 saturated heterocycles. The molecule has 3 aromatic rings. The summed E-state index contributed by atoms with van der Waals surface area (Å²) in [5, 5.41) is 15.0. The number of hydrogen-bond acceptors (Lipinski definition) is 6. The Morgan fingerprint density at radius 2 is 1.90 bits per heavy atom. The summed E-state index contributed by atoms with van der Waals surface area (Å²) >= 11 is 7.10. The molecule has 2 aromatic carbocycles. The minimum Gasteiger partial charge on any atom is -0.495 e. The molecular weight excluding hydrogens is 438 g/mol. The Morgan fingerprint density at radius 3 is 2.61 bits per heavy atom. The Labute approximate surface area is 189 Å². The van der Waals surface area contributed by atoms with Crippen LogP contribution < -0.4 is 15.4 Å². The molecule has 2 amide bonds. The van der Waals surface area contributed by atoms with Crippen molar-refractivity contribution in [3.05, 3.63) is 64.4 Å². The first-order valence-corrected chi connectivity index (χ1v) is 10.7. The van der Waals surface area contributed by atoms with E-state index in [-0.39, 0.29) is 24.1 Å². The zero-order chi connectivity index (χ0) is 22.4. The third-order valence-corrected chi connectivity index (χ3v) is 5.67. The van der Waals surface area contributed by atoms with Gasteiger partial charge >= 0.3 is 0 Å². The number of amides is 2. The summed E-state index contributed by atoms with van der Waals surface area (Å²) in [6, 6.07) is 12.2. The number of nitrogens with zero attached hydrogens (tertiary/aromatic N) is 3. The third kappa shape index (κ3) is 5.99. The van der Waals surface area contributed by atoms with Crippen molar-refractivity contribution in [3.8, 4) is 5.75 Å². The van der Waals surface area contributed by atoms with E-state index in [1.165, 1.54) is 11.8 Å². The standard InChI is InChI=1S/C21H22ClN5O3S/c1-13-4-9-17(30-3)16(10-13)24-19(28)12-31-21-26-25-18(27(21)2)11-23-20(29)14-5-7-15(22)8-6-14/h4-10H,11-12H2,1-3H3,(H,23,29)(H,24,28). The summed E-state index contributed by atoms with van der Waals surface area (Å²) in [5.74, 6) is 0.905. The highest BCUT2D eigenvalue weighted by molar-refractivity contribution is 7.99. The van der Waals surface area contributed by atoms with Crippen LogP contribution in [0.15, 0.2) is 47.6 Å². The van der Waals surface area contributed by atoms with Crippen LogP contribution in [0, 0.1) is 6.92 Å². The zero-order valence-electron chi connectivity index (χ0n) is 17.3. The molecular formula is C21H22ClN5O3S. The largest absolute Gasteiger partial charge is 0.495 e. The monoisotopic (exact) mass is 459 g/mol. The molecule has 0 aliphatic carbocycles. The van der Waals surface area contributed by atoms with Crippen LogP contribution in [0.25, 0.3) is 0 Å². The molecule has 0 saturated carbocycles. The average molecular weight is 460 g/mol. The van der Waals surface area contributed by atoms with Crippen molar-refractivity contribution in [2.75, 3.05) is 18.2 Å². The van der Waals surface area contributed by atoms with Gasteiger partial charge in [-0.1, -0.05) is 29.4 Å². The number of nitrogens with one attached hydrogen (secondary N) is 2. The molecule has 0 fully saturated rings. The van der Waals surface area contributed by atoms with E-state index >= 15 is 0 Å². The summed E-state index contributed by atoms with van der Waals surface area (Å²) in [6.45, 7) is 2.15. The van der Waals surface area contributed by atoms with Crippen LogP contribution in [-0.2, 0) is 18.4 Å². The number of carbonyl (C=O) groups excluding carboxylic acids is 2. The van der Waals surface area contributed by atoms with Crippen molar-refractivity contribution < 1.29 is 14.3 Å². The lowest BCUT2D eigenvalue weighted by atomic mass is 10.2. The first-order chi connectivity index (χ1) is 14.9. The van der Waals surface area contributed by atoms with Gasteiger partial charge in [-0.25, -0.2) is 0 Å². The van der Waals surface area contributed by atoms with E-state index in [9.17, 15) is 9.59 Å². The van der Waals surface area contributed by atoms with Crippen LogP contribution in [0.1, 0.15) is 21.7 Å². The van der Waals surface area contributed by atoms with Crippen LogP contribution in [0.2, 0.25) is 5.02 Å². The fraction of sp³-hybridized carbons (Fsp3) is 0.238. The Kier molecular flexibility index (Phi) is 7.54. The van der Waals surface area contributed by atoms with Crippen molar-refractivity contribution in [1.82, 2.24) is 20.1 Å². The predicted molar refractivity (Wildman–Crippen MR) is 121 cm³/mol. The zero-order valence-corrected chi connectivity index (χ0v) is 18.9. The molecule has 2 N–H and O–H groups in total. The van der Waals surface area contributed by atoms with Crippen LogP contribution in [0.3, 0.4) is 0 Å². The maximum absolute atomic E-state index is 12.4. The molecule has 0 spiro atoms. The lowest BCUT2D eigenvalue weighted by Gasteiger charge is -2.11. The van der Waals surface area contributed by atoms with Crippen molar-refractivity contribution in [3.63, 3.8) is 0 Å². The van der Waals surface area contributed by atoms with Crippen LogP contribution in [-0.4, -0.2) is 39.4 Å². The lowest BCUT2D eigenvalue weighted by molar-refractivity contribution is -0.113. The van der Waals surface area contributed by atoms with Crippen LogP contribution in [0.4, 0.5) is 5.69 Å². The molecule has 3 rings (SSSR count). The number of methoxy groups -OCH3 is 1.